The summed E-state index contributed by atoms with van der Waals surface area (Å²) in [4.78, 5) is 10.3. The smallest absolute Gasteiger partial charge is 0.303 e. The maximum absolute atomic E-state index is 10.3. The Bertz CT molecular complexity index is 301. The molecule has 0 saturated carbocycles. The molecule has 20 heavy (non-hydrogen) atoms. The SMILES string of the molecule is CCC=CCC=CC=CCCCCCCCCC(=O)O. The summed E-state index contributed by atoms with van der Waals surface area (Å²) in [5.74, 6) is -0.673. The highest BCUT2D eigenvalue weighted by Crippen LogP contribution is 2.08. The molecule has 1 N–H and O–H groups in total. The first-order chi connectivity index (χ1) is 9.77. The highest BCUT2D eigenvalue weighted by atomic mass is 16.4. The lowest BCUT2D eigenvalue weighted by molar-refractivity contribution is -0.137. The lowest BCUT2D eigenvalue weighted by Gasteiger charge is -1.99. The Kier molecular flexibility index (Phi) is 14.7. The quantitative estimate of drug-likeness (QED) is 0.268. The van der Waals surface area contributed by atoms with E-state index in [9.17, 15) is 4.79 Å². The molecule has 0 unspecified atom stereocenters. The highest BCUT2D eigenvalue weighted by Gasteiger charge is 1.95. The van der Waals surface area contributed by atoms with Gasteiger partial charge in [0.1, 0.15) is 0 Å². The van der Waals surface area contributed by atoms with Gasteiger partial charge >= 0.3 is 5.97 Å². The minimum absolute atomic E-state index is 0.322. The molecule has 0 aliphatic carbocycles. The molecule has 0 aliphatic heterocycles. The van der Waals surface area contributed by atoms with E-state index in [-0.39, 0.29) is 0 Å². The van der Waals surface area contributed by atoms with Crippen LogP contribution in [0.25, 0.3) is 0 Å². The van der Waals surface area contributed by atoms with Gasteiger partial charge in [0.2, 0.25) is 0 Å². The molecule has 0 spiro atoms. The Labute approximate surface area is 124 Å². The first-order valence-electron chi connectivity index (χ1n) is 7.95. The summed E-state index contributed by atoms with van der Waals surface area (Å²) in [5.41, 5.74) is 0. The molecular formula is C18H30O2. The molecule has 0 aliphatic rings. The normalized spacial score (nSPS) is 12.1. The molecule has 114 valence electrons. The molecule has 0 aromatic rings. The molecule has 0 radical (unpaired) electrons. The minimum Gasteiger partial charge on any atom is -0.481 e. The third kappa shape index (κ3) is 16.7. The van der Waals surface area contributed by atoms with Crippen molar-refractivity contribution in [3.05, 3.63) is 36.5 Å². The van der Waals surface area contributed by atoms with Gasteiger partial charge < -0.3 is 5.11 Å². The average molecular weight is 278 g/mol. The second-order valence-corrected chi connectivity index (χ2v) is 5.03. The number of hydrogen-bond acceptors (Lipinski definition) is 1. The van der Waals surface area contributed by atoms with Crippen molar-refractivity contribution >= 4 is 5.97 Å². The number of allylic oxidation sites excluding steroid dienone is 6. The monoisotopic (exact) mass is 278 g/mol. The fourth-order valence-electron chi connectivity index (χ4n) is 1.92. The van der Waals surface area contributed by atoms with Crippen LogP contribution in [0.15, 0.2) is 36.5 Å². The van der Waals surface area contributed by atoms with Gasteiger partial charge in [0.15, 0.2) is 0 Å². The molecule has 0 bridgehead atoms. The fraction of sp³-hybridized carbons (Fsp3) is 0.611. The van der Waals surface area contributed by atoms with Crippen LogP contribution in [-0.2, 0) is 4.79 Å². The van der Waals surface area contributed by atoms with Gasteiger partial charge in [-0.1, -0.05) is 69.1 Å². The Morgan fingerprint density at radius 2 is 1.50 bits per heavy atom. The lowest BCUT2D eigenvalue weighted by Crippen LogP contribution is -1.93. The summed E-state index contributed by atoms with van der Waals surface area (Å²) in [6, 6.07) is 0. The number of carboxylic acids is 1. The number of carbonyl (C=O) groups is 1. The van der Waals surface area contributed by atoms with Crippen molar-refractivity contribution in [2.75, 3.05) is 0 Å². The van der Waals surface area contributed by atoms with E-state index in [4.69, 9.17) is 5.11 Å². The molecule has 0 fully saturated rings. The van der Waals surface area contributed by atoms with E-state index in [1.807, 2.05) is 0 Å². The van der Waals surface area contributed by atoms with E-state index in [1.165, 1.54) is 25.7 Å². The average Bonchev–Trinajstić information content (AvgIpc) is 2.43. The van der Waals surface area contributed by atoms with Gasteiger partial charge in [-0.3, -0.25) is 4.79 Å². The molecule has 2 heteroatoms. The van der Waals surface area contributed by atoms with E-state index < -0.39 is 5.97 Å². The summed E-state index contributed by atoms with van der Waals surface area (Å²) < 4.78 is 0. The van der Waals surface area contributed by atoms with Crippen molar-refractivity contribution in [2.45, 2.75) is 71.1 Å². The van der Waals surface area contributed by atoms with Crippen LogP contribution in [0, 0.1) is 0 Å². The number of unbranched alkanes of at least 4 members (excludes halogenated alkanes) is 6. The van der Waals surface area contributed by atoms with Crippen molar-refractivity contribution in [3.63, 3.8) is 0 Å². The van der Waals surface area contributed by atoms with Crippen molar-refractivity contribution < 1.29 is 9.90 Å². The van der Waals surface area contributed by atoms with Crippen LogP contribution < -0.4 is 0 Å². The largest absolute Gasteiger partial charge is 0.481 e. The zero-order valence-electron chi connectivity index (χ0n) is 12.9. The fourth-order valence-corrected chi connectivity index (χ4v) is 1.92. The van der Waals surface area contributed by atoms with Crippen molar-refractivity contribution in [3.8, 4) is 0 Å². The number of aliphatic carboxylic acids is 1. The van der Waals surface area contributed by atoms with Gasteiger partial charge in [0.25, 0.3) is 0 Å². The van der Waals surface area contributed by atoms with Crippen molar-refractivity contribution in [2.24, 2.45) is 0 Å². The van der Waals surface area contributed by atoms with Gasteiger partial charge in [-0.05, 0) is 32.1 Å². The summed E-state index contributed by atoms with van der Waals surface area (Å²) in [7, 11) is 0. The topological polar surface area (TPSA) is 37.3 Å². The van der Waals surface area contributed by atoms with Crippen LogP contribution in [0.2, 0.25) is 0 Å². The van der Waals surface area contributed by atoms with Crippen molar-refractivity contribution in [1.82, 2.24) is 0 Å². The molecule has 2 nitrogen and oxygen atoms in total. The Morgan fingerprint density at radius 3 is 2.20 bits per heavy atom. The standard InChI is InChI=1S/C18H30O2/c1-2-3-4-5-6-7-8-9-10-11-12-13-14-15-16-17-18(19)20/h3-4,6-9H,2,5,10-17H2,1H3,(H,19,20). The van der Waals surface area contributed by atoms with Gasteiger partial charge in [-0.25, -0.2) is 0 Å². The summed E-state index contributed by atoms with van der Waals surface area (Å²) in [6.45, 7) is 2.15. The Morgan fingerprint density at radius 1 is 0.850 bits per heavy atom. The van der Waals surface area contributed by atoms with Crippen LogP contribution in [0.3, 0.4) is 0 Å². The second kappa shape index (κ2) is 15.7. The van der Waals surface area contributed by atoms with E-state index >= 15 is 0 Å². The molecule has 0 amide bonds. The third-order valence-electron chi connectivity index (χ3n) is 3.07. The van der Waals surface area contributed by atoms with E-state index in [2.05, 4.69) is 43.4 Å². The predicted octanol–water partition coefficient (Wildman–Crippen LogP) is 5.66. The summed E-state index contributed by atoms with van der Waals surface area (Å²) >= 11 is 0. The van der Waals surface area contributed by atoms with E-state index in [1.54, 1.807) is 0 Å². The molecular weight excluding hydrogens is 248 g/mol. The van der Waals surface area contributed by atoms with Gasteiger partial charge in [-0.15, -0.1) is 0 Å². The molecule has 0 aromatic carbocycles. The van der Waals surface area contributed by atoms with E-state index in [0.29, 0.717) is 6.42 Å². The Balaban J connectivity index is 3.23. The minimum atomic E-state index is -0.673. The molecule has 0 atom stereocenters. The molecule has 0 rings (SSSR count). The lowest BCUT2D eigenvalue weighted by atomic mass is 10.1. The third-order valence-corrected chi connectivity index (χ3v) is 3.07. The predicted molar refractivity (Wildman–Crippen MR) is 86.9 cm³/mol. The van der Waals surface area contributed by atoms with Crippen LogP contribution in [-0.4, -0.2) is 11.1 Å². The first-order valence-corrected chi connectivity index (χ1v) is 7.95. The van der Waals surface area contributed by atoms with Crippen LogP contribution >= 0.6 is 0 Å². The zero-order chi connectivity index (χ0) is 14.9. The number of carboxylic acid groups (broad SMARTS) is 1. The number of rotatable bonds is 13. The van der Waals surface area contributed by atoms with Gasteiger partial charge in [0.05, 0.1) is 0 Å². The molecule has 0 heterocycles. The summed E-state index contributed by atoms with van der Waals surface area (Å²) in [6.07, 6.45) is 23.4. The van der Waals surface area contributed by atoms with Gasteiger partial charge in [0, 0.05) is 6.42 Å². The summed E-state index contributed by atoms with van der Waals surface area (Å²) in [5, 5.41) is 8.50. The van der Waals surface area contributed by atoms with Crippen molar-refractivity contribution in [1.29, 1.82) is 0 Å². The maximum atomic E-state index is 10.3. The van der Waals surface area contributed by atoms with Crippen LogP contribution in [0.5, 0.6) is 0 Å². The number of hydrogen-bond donors (Lipinski definition) is 1. The molecule has 0 aromatic heterocycles. The Hall–Kier alpha value is -1.31. The van der Waals surface area contributed by atoms with Crippen LogP contribution in [0.4, 0.5) is 0 Å². The molecule has 0 saturated heterocycles. The highest BCUT2D eigenvalue weighted by molar-refractivity contribution is 5.66. The van der Waals surface area contributed by atoms with Gasteiger partial charge in [-0.2, -0.15) is 0 Å². The zero-order valence-corrected chi connectivity index (χ0v) is 12.9. The maximum Gasteiger partial charge on any atom is 0.303 e. The first kappa shape index (κ1) is 18.7. The van der Waals surface area contributed by atoms with Crippen LogP contribution in [0.1, 0.15) is 71.1 Å². The second-order valence-electron chi connectivity index (χ2n) is 5.03. The van der Waals surface area contributed by atoms with E-state index in [0.717, 1.165) is 32.1 Å².